The van der Waals surface area contributed by atoms with Crippen LogP contribution in [0.4, 0.5) is 13.2 Å². The summed E-state index contributed by atoms with van der Waals surface area (Å²) in [6, 6.07) is 7.95. The lowest BCUT2D eigenvalue weighted by Gasteiger charge is -2.12. The fraction of sp³-hybridized carbons (Fsp3) is 0.214. The zero-order chi connectivity index (χ0) is 14.6. The number of para-hydroxylation sites is 1. The van der Waals surface area contributed by atoms with Gasteiger partial charge in [0.15, 0.2) is 0 Å². The third-order valence-corrected chi connectivity index (χ3v) is 2.57. The van der Waals surface area contributed by atoms with Gasteiger partial charge in [-0.2, -0.15) is 13.2 Å². The molecule has 0 radical (unpaired) electrons. The number of rotatable bonds is 4. The van der Waals surface area contributed by atoms with Crippen LogP contribution in [0.2, 0.25) is 0 Å². The Morgan fingerprint density at radius 2 is 1.90 bits per heavy atom. The average Bonchev–Trinajstić information content (AvgIpc) is 2.89. The normalized spacial score (nSPS) is 11.3. The molecule has 0 aliphatic rings. The highest BCUT2D eigenvalue weighted by molar-refractivity contribution is 5.73. The predicted octanol–water partition coefficient (Wildman–Crippen LogP) is 3.84. The first-order valence-electron chi connectivity index (χ1n) is 5.86. The summed E-state index contributed by atoms with van der Waals surface area (Å²) in [5.74, 6) is -0.645. The Kier molecular flexibility index (Phi) is 4.12. The lowest BCUT2D eigenvalue weighted by Crippen LogP contribution is -2.13. The number of ether oxygens (including phenoxy) is 1. The summed E-state index contributed by atoms with van der Waals surface area (Å²) in [6.45, 7) is 0. The fourth-order valence-electron chi connectivity index (χ4n) is 1.64. The summed E-state index contributed by atoms with van der Waals surface area (Å²) in [7, 11) is 0. The number of benzene rings is 1. The molecule has 0 saturated carbocycles. The number of esters is 1. The number of carbonyl (C=O) groups excluding carboxylic acids is 1. The molecular formula is C14H11F3O3. The molecule has 106 valence electrons. The van der Waals surface area contributed by atoms with Gasteiger partial charge in [-0.25, -0.2) is 0 Å². The van der Waals surface area contributed by atoms with Crippen LogP contribution in [0.5, 0.6) is 5.75 Å². The largest absolute Gasteiger partial charge is 0.469 e. The molecule has 1 aromatic heterocycles. The maximum atomic E-state index is 12.7. The minimum Gasteiger partial charge on any atom is -0.469 e. The van der Waals surface area contributed by atoms with E-state index in [1.807, 2.05) is 0 Å². The maximum absolute atomic E-state index is 12.7. The van der Waals surface area contributed by atoms with Gasteiger partial charge >= 0.3 is 12.1 Å². The van der Waals surface area contributed by atoms with Gasteiger partial charge in [-0.05, 0) is 24.3 Å². The van der Waals surface area contributed by atoms with Crippen LogP contribution in [-0.4, -0.2) is 5.97 Å². The van der Waals surface area contributed by atoms with E-state index in [2.05, 4.69) is 0 Å². The van der Waals surface area contributed by atoms with Gasteiger partial charge in [-0.15, -0.1) is 0 Å². The van der Waals surface area contributed by atoms with E-state index in [1.165, 1.54) is 18.4 Å². The molecule has 3 nitrogen and oxygen atoms in total. The Morgan fingerprint density at radius 3 is 2.55 bits per heavy atom. The smallest absolute Gasteiger partial charge is 0.419 e. The van der Waals surface area contributed by atoms with Crippen LogP contribution >= 0.6 is 0 Å². The molecule has 0 amide bonds. The minimum absolute atomic E-state index is 0.0558. The van der Waals surface area contributed by atoms with Gasteiger partial charge in [-0.1, -0.05) is 12.1 Å². The van der Waals surface area contributed by atoms with E-state index in [9.17, 15) is 18.0 Å². The number of hydrogen-bond donors (Lipinski definition) is 0. The van der Waals surface area contributed by atoms with Crippen molar-refractivity contribution in [3.05, 3.63) is 54.0 Å². The zero-order valence-corrected chi connectivity index (χ0v) is 10.3. The first-order valence-corrected chi connectivity index (χ1v) is 5.86. The summed E-state index contributed by atoms with van der Waals surface area (Å²) >= 11 is 0. The molecule has 0 spiro atoms. The van der Waals surface area contributed by atoms with Crippen molar-refractivity contribution in [2.75, 3.05) is 0 Å². The standard InChI is InChI=1S/C14H11F3O3/c15-14(16,17)11-5-1-2-6-12(11)20-13(18)8-7-10-4-3-9-19-10/h1-6,9H,7-8H2. The molecule has 0 N–H and O–H groups in total. The molecule has 20 heavy (non-hydrogen) atoms. The third-order valence-electron chi connectivity index (χ3n) is 2.57. The van der Waals surface area contributed by atoms with Crippen molar-refractivity contribution in [1.29, 1.82) is 0 Å². The highest BCUT2D eigenvalue weighted by Crippen LogP contribution is 2.36. The Morgan fingerprint density at radius 1 is 1.15 bits per heavy atom. The molecular weight excluding hydrogens is 273 g/mol. The second-order valence-electron chi connectivity index (χ2n) is 4.05. The Labute approximate surface area is 113 Å². The van der Waals surface area contributed by atoms with Crippen molar-refractivity contribution in [3.8, 4) is 5.75 Å². The average molecular weight is 284 g/mol. The number of aryl methyl sites for hydroxylation is 1. The first kappa shape index (κ1) is 14.2. The quantitative estimate of drug-likeness (QED) is 0.632. The van der Waals surface area contributed by atoms with Crippen molar-refractivity contribution in [2.45, 2.75) is 19.0 Å². The number of alkyl halides is 3. The van der Waals surface area contributed by atoms with Crippen LogP contribution in [0.25, 0.3) is 0 Å². The second kappa shape index (κ2) is 5.81. The Bertz CT molecular complexity index is 574. The molecule has 2 rings (SSSR count). The van der Waals surface area contributed by atoms with Crippen molar-refractivity contribution < 1.29 is 27.1 Å². The molecule has 2 aromatic rings. The number of halogens is 3. The van der Waals surface area contributed by atoms with E-state index in [0.29, 0.717) is 5.76 Å². The van der Waals surface area contributed by atoms with Crippen molar-refractivity contribution in [3.63, 3.8) is 0 Å². The third kappa shape index (κ3) is 3.63. The highest BCUT2D eigenvalue weighted by atomic mass is 19.4. The van der Waals surface area contributed by atoms with Gasteiger partial charge in [0.1, 0.15) is 11.5 Å². The van der Waals surface area contributed by atoms with Crippen LogP contribution < -0.4 is 4.74 Å². The van der Waals surface area contributed by atoms with Gasteiger partial charge in [0.05, 0.1) is 18.2 Å². The first-order chi connectivity index (χ1) is 9.47. The summed E-state index contributed by atoms with van der Waals surface area (Å²) in [4.78, 5) is 11.6. The molecule has 6 heteroatoms. The van der Waals surface area contributed by atoms with Crippen molar-refractivity contribution in [2.24, 2.45) is 0 Å². The topological polar surface area (TPSA) is 39.4 Å². The van der Waals surface area contributed by atoms with E-state index < -0.39 is 23.5 Å². The van der Waals surface area contributed by atoms with Crippen molar-refractivity contribution >= 4 is 5.97 Å². The van der Waals surface area contributed by atoms with Crippen molar-refractivity contribution in [1.82, 2.24) is 0 Å². The highest BCUT2D eigenvalue weighted by Gasteiger charge is 2.34. The van der Waals surface area contributed by atoms with Crippen LogP contribution in [0, 0.1) is 0 Å². The molecule has 0 fully saturated rings. The predicted molar refractivity (Wildman–Crippen MR) is 64.1 cm³/mol. The van der Waals surface area contributed by atoms with Gasteiger partial charge < -0.3 is 9.15 Å². The summed E-state index contributed by atoms with van der Waals surface area (Å²) in [6.07, 6.45) is -2.88. The number of furan rings is 1. The SMILES string of the molecule is O=C(CCc1ccco1)Oc1ccccc1C(F)(F)F. The summed E-state index contributed by atoms with van der Waals surface area (Å²) in [5.41, 5.74) is -0.966. The van der Waals surface area contributed by atoms with Crippen LogP contribution in [0.15, 0.2) is 47.1 Å². The lowest BCUT2D eigenvalue weighted by atomic mass is 10.2. The minimum atomic E-state index is -4.56. The molecule has 0 atom stereocenters. The molecule has 0 aliphatic heterocycles. The van der Waals surface area contributed by atoms with Crippen LogP contribution in [0.1, 0.15) is 17.7 Å². The summed E-state index contributed by atoms with van der Waals surface area (Å²) in [5, 5.41) is 0. The Balaban J connectivity index is 2.01. The molecule has 1 heterocycles. The van der Waals surface area contributed by atoms with Gasteiger partial charge in [0.25, 0.3) is 0 Å². The zero-order valence-electron chi connectivity index (χ0n) is 10.3. The molecule has 0 saturated heterocycles. The monoisotopic (exact) mass is 284 g/mol. The second-order valence-corrected chi connectivity index (χ2v) is 4.05. The molecule has 0 unspecified atom stereocenters. The van der Waals surface area contributed by atoms with E-state index in [0.717, 1.165) is 12.1 Å². The van der Waals surface area contributed by atoms with Gasteiger partial charge in [-0.3, -0.25) is 4.79 Å². The molecule has 0 aliphatic carbocycles. The Hall–Kier alpha value is -2.24. The fourth-order valence-corrected chi connectivity index (χ4v) is 1.64. The molecule has 0 bridgehead atoms. The van der Waals surface area contributed by atoms with E-state index >= 15 is 0 Å². The lowest BCUT2D eigenvalue weighted by molar-refractivity contribution is -0.142. The van der Waals surface area contributed by atoms with Gasteiger partial charge in [0, 0.05) is 6.42 Å². The number of hydrogen-bond acceptors (Lipinski definition) is 3. The van der Waals surface area contributed by atoms with Gasteiger partial charge in [0.2, 0.25) is 0 Å². The van der Waals surface area contributed by atoms with Crippen LogP contribution in [0.3, 0.4) is 0 Å². The number of carbonyl (C=O) groups is 1. The summed E-state index contributed by atoms with van der Waals surface area (Å²) < 4.78 is 47.9. The molecule has 1 aromatic carbocycles. The van der Waals surface area contributed by atoms with E-state index in [-0.39, 0.29) is 12.8 Å². The van der Waals surface area contributed by atoms with Crippen LogP contribution in [-0.2, 0) is 17.4 Å². The van der Waals surface area contributed by atoms with E-state index in [4.69, 9.17) is 9.15 Å². The van der Waals surface area contributed by atoms with E-state index in [1.54, 1.807) is 12.1 Å². The maximum Gasteiger partial charge on any atom is 0.419 e.